The van der Waals surface area contributed by atoms with E-state index >= 15 is 0 Å². The molecule has 0 aliphatic rings. The summed E-state index contributed by atoms with van der Waals surface area (Å²) in [6, 6.07) is 7.62. The Morgan fingerprint density at radius 2 is 2.15 bits per heavy atom. The summed E-state index contributed by atoms with van der Waals surface area (Å²) >= 11 is 7.33. The van der Waals surface area contributed by atoms with Gasteiger partial charge in [-0.1, -0.05) is 23.7 Å². The zero-order valence-electron chi connectivity index (χ0n) is 10.5. The molecule has 0 radical (unpaired) electrons. The molecule has 20 heavy (non-hydrogen) atoms. The second-order valence-corrected chi connectivity index (χ2v) is 5.66. The Bertz CT molecular complexity index is 704. The molecule has 0 aliphatic carbocycles. The largest absolute Gasteiger partial charge is 0.350 e. The summed E-state index contributed by atoms with van der Waals surface area (Å²) in [5, 5.41) is 5.52. The minimum absolute atomic E-state index is 0.144. The number of nitrogens with one attached hydrogen (secondary N) is 1. The number of rotatable bonds is 4. The van der Waals surface area contributed by atoms with E-state index in [0.29, 0.717) is 12.2 Å². The Labute approximate surface area is 125 Å². The van der Waals surface area contributed by atoms with E-state index in [1.54, 1.807) is 6.20 Å². The molecule has 0 spiro atoms. The lowest BCUT2D eigenvalue weighted by atomic mass is 10.1. The average Bonchev–Trinajstić information content (AvgIpc) is 3.02. The van der Waals surface area contributed by atoms with Gasteiger partial charge in [-0.25, -0.2) is 4.98 Å². The van der Waals surface area contributed by atoms with Crippen molar-refractivity contribution in [2.45, 2.75) is 6.42 Å². The molecule has 1 N–H and O–H groups in total. The summed E-state index contributed by atoms with van der Waals surface area (Å²) in [6.45, 7) is 0.575. The lowest BCUT2D eigenvalue weighted by molar-refractivity contribution is 0.0950. The number of nitrogens with zero attached hydrogens (tertiary/aromatic N) is 2. The van der Waals surface area contributed by atoms with Crippen LogP contribution < -0.4 is 5.32 Å². The standard InChI is InChI=1S/C14H12ClN3OS/c15-11-3-1-10(2-4-11)5-6-16-13(19)12-9-18-7-8-20-14(18)17-12/h1-4,7-9H,5-6H2,(H,16,19). The smallest absolute Gasteiger partial charge is 0.271 e. The highest BCUT2D eigenvalue weighted by molar-refractivity contribution is 7.15. The Kier molecular flexibility index (Phi) is 3.71. The molecule has 0 saturated carbocycles. The molecule has 3 rings (SSSR count). The Hall–Kier alpha value is -1.85. The summed E-state index contributed by atoms with van der Waals surface area (Å²) < 4.78 is 1.85. The molecule has 3 aromatic rings. The fourth-order valence-corrected chi connectivity index (χ4v) is 2.72. The van der Waals surface area contributed by atoms with Crippen molar-refractivity contribution in [1.82, 2.24) is 14.7 Å². The van der Waals surface area contributed by atoms with E-state index in [1.807, 2.05) is 40.2 Å². The number of halogens is 1. The fraction of sp³-hybridized carbons (Fsp3) is 0.143. The zero-order chi connectivity index (χ0) is 13.9. The summed E-state index contributed by atoms with van der Waals surface area (Å²) in [7, 11) is 0. The van der Waals surface area contributed by atoms with E-state index in [1.165, 1.54) is 11.3 Å². The molecule has 0 aliphatic heterocycles. The number of benzene rings is 1. The van der Waals surface area contributed by atoms with E-state index in [0.717, 1.165) is 22.0 Å². The van der Waals surface area contributed by atoms with Gasteiger partial charge in [-0.2, -0.15) is 0 Å². The molecule has 0 bridgehead atoms. The Balaban J connectivity index is 1.56. The Morgan fingerprint density at radius 3 is 2.90 bits per heavy atom. The van der Waals surface area contributed by atoms with Crippen molar-refractivity contribution in [3.8, 4) is 0 Å². The van der Waals surface area contributed by atoms with E-state index in [2.05, 4.69) is 10.3 Å². The van der Waals surface area contributed by atoms with Crippen LogP contribution in [0.2, 0.25) is 5.02 Å². The monoisotopic (exact) mass is 305 g/mol. The molecular weight excluding hydrogens is 294 g/mol. The van der Waals surface area contributed by atoms with Crippen molar-refractivity contribution < 1.29 is 4.79 Å². The van der Waals surface area contributed by atoms with Crippen LogP contribution in [0.25, 0.3) is 4.96 Å². The molecule has 102 valence electrons. The predicted octanol–water partition coefficient (Wildman–Crippen LogP) is 3.02. The quantitative estimate of drug-likeness (QED) is 0.805. The Morgan fingerprint density at radius 1 is 1.35 bits per heavy atom. The topological polar surface area (TPSA) is 46.4 Å². The molecule has 4 nitrogen and oxygen atoms in total. The van der Waals surface area contributed by atoms with Gasteiger partial charge in [-0.15, -0.1) is 11.3 Å². The maximum Gasteiger partial charge on any atom is 0.271 e. The highest BCUT2D eigenvalue weighted by Gasteiger charge is 2.10. The molecule has 0 saturated heterocycles. The SMILES string of the molecule is O=C(NCCc1ccc(Cl)cc1)c1cn2ccsc2n1. The minimum Gasteiger partial charge on any atom is -0.350 e. The van der Waals surface area contributed by atoms with Crippen LogP contribution in [-0.4, -0.2) is 21.8 Å². The molecule has 0 unspecified atom stereocenters. The summed E-state index contributed by atoms with van der Waals surface area (Å²) in [6.07, 6.45) is 4.39. The predicted molar refractivity (Wildman–Crippen MR) is 80.6 cm³/mol. The number of carbonyl (C=O) groups is 1. The number of imidazole rings is 1. The molecule has 6 heteroatoms. The number of amides is 1. The van der Waals surface area contributed by atoms with Gasteiger partial charge in [0.25, 0.3) is 5.91 Å². The lowest BCUT2D eigenvalue weighted by Crippen LogP contribution is -2.25. The molecule has 1 aromatic carbocycles. The van der Waals surface area contributed by atoms with Crippen molar-refractivity contribution in [2.24, 2.45) is 0 Å². The van der Waals surface area contributed by atoms with Gasteiger partial charge in [0.05, 0.1) is 0 Å². The second-order valence-electron chi connectivity index (χ2n) is 4.35. The average molecular weight is 306 g/mol. The number of fused-ring (bicyclic) bond motifs is 1. The van der Waals surface area contributed by atoms with Crippen LogP contribution in [0.1, 0.15) is 16.1 Å². The van der Waals surface area contributed by atoms with E-state index in [9.17, 15) is 4.79 Å². The summed E-state index contributed by atoms with van der Waals surface area (Å²) in [5.74, 6) is -0.144. The van der Waals surface area contributed by atoms with E-state index in [4.69, 9.17) is 11.6 Å². The minimum atomic E-state index is -0.144. The molecule has 2 heterocycles. The van der Waals surface area contributed by atoms with Crippen LogP contribution in [0.3, 0.4) is 0 Å². The van der Waals surface area contributed by atoms with Crippen molar-refractivity contribution in [3.63, 3.8) is 0 Å². The molecule has 2 aromatic heterocycles. The zero-order valence-corrected chi connectivity index (χ0v) is 12.1. The van der Waals surface area contributed by atoms with E-state index in [-0.39, 0.29) is 5.91 Å². The first kappa shape index (κ1) is 13.1. The first-order chi connectivity index (χ1) is 9.72. The van der Waals surface area contributed by atoms with Gasteiger partial charge in [-0.3, -0.25) is 9.20 Å². The van der Waals surface area contributed by atoms with Gasteiger partial charge >= 0.3 is 0 Å². The van der Waals surface area contributed by atoms with Gasteiger partial charge in [0.1, 0.15) is 5.69 Å². The van der Waals surface area contributed by atoms with Gasteiger partial charge in [0.2, 0.25) is 0 Å². The second kappa shape index (κ2) is 5.64. The maximum atomic E-state index is 12.0. The van der Waals surface area contributed by atoms with Crippen LogP contribution in [-0.2, 0) is 6.42 Å². The van der Waals surface area contributed by atoms with Crippen molar-refractivity contribution in [3.05, 3.63) is 58.3 Å². The van der Waals surface area contributed by atoms with Gasteiger partial charge in [0.15, 0.2) is 4.96 Å². The molecular formula is C14H12ClN3OS. The maximum absolute atomic E-state index is 12.0. The van der Waals surface area contributed by atoms with Gasteiger partial charge in [-0.05, 0) is 24.1 Å². The fourth-order valence-electron chi connectivity index (χ4n) is 1.90. The van der Waals surface area contributed by atoms with E-state index < -0.39 is 0 Å². The number of aromatic nitrogens is 2. The van der Waals surface area contributed by atoms with Crippen LogP contribution in [0.15, 0.2) is 42.0 Å². The lowest BCUT2D eigenvalue weighted by Gasteiger charge is -2.03. The third-order valence-electron chi connectivity index (χ3n) is 2.94. The van der Waals surface area contributed by atoms with Crippen LogP contribution in [0, 0.1) is 0 Å². The van der Waals surface area contributed by atoms with Crippen LogP contribution in [0.4, 0.5) is 0 Å². The number of hydrogen-bond donors (Lipinski definition) is 1. The van der Waals surface area contributed by atoms with Crippen molar-refractivity contribution in [1.29, 1.82) is 0 Å². The third-order valence-corrected chi connectivity index (χ3v) is 3.96. The van der Waals surface area contributed by atoms with Crippen LogP contribution in [0.5, 0.6) is 0 Å². The normalized spacial score (nSPS) is 10.8. The number of carbonyl (C=O) groups excluding carboxylic acids is 1. The van der Waals surface area contributed by atoms with Crippen molar-refractivity contribution >= 4 is 33.8 Å². The number of thiazole rings is 1. The summed E-state index contributed by atoms with van der Waals surface area (Å²) in [4.78, 5) is 17.0. The summed E-state index contributed by atoms with van der Waals surface area (Å²) in [5.41, 5.74) is 1.59. The van der Waals surface area contributed by atoms with Crippen molar-refractivity contribution in [2.75, 3.05) is 6.54 Å². The third kappa shape index (κ3) is 2.84. The van der Waals surface area contributed by atoms with Gasteiger partial charge < -0.3 is 5.32 Å². The first-order valence-electron chi connectivity index (χ1n) is 6.17. The molecule has 0 atom stereocenters. The van der Waals surface area contributed by atoms with Gasteiger partial charge in [0, 0.05) is 29.3 Å². The van der Waals surface area contributed by atoms with Crippen LogP contribution >= 0.6 is 22.9 Å². The molecule has 0 fully saturated rings. The number of hydrogen-bond acceptors (Lipinski definition) is 3. The molecule has 1 amide bonds. The first-order valence-corrected chi connectivity index (χ1v) is 7.43. The highest BCUT2D eigenvalue weighted by Crippen LogP contribution is 2.11. The highest BCUT2D eigenvalue weighted by atomic mass is 35.5.